The van der Waals surface area contributed by atoms with E-state index < -0.39 is 0 Å². The van der Waals surface area contributed by atoms with Crippen molar-refractivity contribution < 1.29 is 9.53 Å². The highest BCUT2D eigenvalue weighted by molar-refractivity contribution is 9.10. The summed E-state index contributed by atoms with van der Waals surface area (Å²) in [4.78, 5) is 13.3. The fraction of sp³-hybridized carbons (Fsp3) is 0.364. The van der Waals surface area contributed by atoms with Crippen molar-refractivity contribution in [3.63, 3.8) is 0 Å². The molecule has 1 saturated heterocycles. The number of nitrogens with zero attached hydrogens (tertiary/aromatic N) is 1. The van der Waals surface area contributed by atoms with Gasteiger partial charge in [-0.1, -0.05) is 15.9 Å². The van der Waals surface area contributed by atoms with E-state index in [0.29, 0.717) is 25.4 Å². The van der Waals surface area contributed by atoms with E-state index in [2.05, 4.69) is 15.9 Å². The molecule has 16 heavy (non-hydrogen) atoms. The second-order valence-electron chi connectivity index (χ2n) is 3.76. The number of nitrogen functional groups attached to an aromatic ring is 1. The molecule has 0 spiro atoms. The van der Waals surface area contributed by atoms with Crippen molar-refractivity contribution in [2.75, 3.05) is 25.5 Å². The molecule has 0 aliphatic carbocycles. The first-order chi connectivity index (χ1) is 7.65. The lowest BCUT2D eigenvalue weighted by Crippen LogP contribution is -2.40. The Bertz CT molecular complexity index is 389. The van der Waals surface area contributed by atoms with Crippen LogP contribution in [0.15, 0.2) is 22.7 Å². The van der Waals surface area contributed by atoms with Crippen molar-refractivity contribution in [3.05, 3.63) is 28.2 Å². The number of carbonyl (C=O) groups excluding carboxylic acids is 1. The SMILES string of the molecule is Nc1cc(Br)cc(CN2CCOCC2=O)c1. The van der Waals surface area contributed by atoms with E-state index in [4.69, 9.17) is 10.5 Å². The minimum atomic E-state index is 0.0322. The Morgan fingerprint density at radius 3 is 2.94 bits per heavy atom. The molecule has 1 heterocycles. The van der Waals surface area contributed by atoms with Crippen molar-refractivity contribution in [1.29, 1.82) is 0 Å². The lowest BCUT2D eigenvalue weighted by molar-refractivity contribution is -0.143. The predicted octanol–water partition coefficient (Wildman–Crippen LogP) is 1.39. The summed E-state index contributed by atoms with van der Waals surface area (Å²) in [6, 6.07) is 5.69. The first-order valence-corrected chi connectivity index (χ1v) is 5.85. The molecular weight excluding hydrogens is 272 g/mol. The molecule has 2 rings (SSSR count). The maximum absolute atomic E-state index is 11.5. The molecule has 1 aliphatic rings. The molecular formula is C11H13BrN2O2. The summed E-state index contributed by atoms with van der Waals surface area (Å²) in [5.41, 5.74) is 7.47. The quantitative estimate of drug-likeness (QED) is 0.835. The second-order valence-corrected chi connectivity index (χ2v) is 4.68. The normalized spacial score (nSPS) is 16.6. The van der Waals surface area contributed by atoms with Gasteiger partial charge in [0.1, 0.15) is 6.61 Å². The number of halogens is 1. The maximum Gasteiger partial charge on any atom is 0.248 e. The van der Waals surface area contributed by atoms with E-state index >= 15 is 0 Å². The number of benzene rings is 1. The van der Waals surface area contributed by atoms with Crippen molar-refractivity contribution >= 4 is 27.5 Å². The van der Waals surface area contributed by atoms with Crippen LogP contribution in [0.1, 0.15) is 5.56 Å². The molecule has 1 aromatic carbocycles. The molecule has 86 valence electrons. The molecule has 1 aromatic rings. The number of amides is 1. The van der Waals surface area contributed by atoms with Gasteiger partial charge in [-0.25, -0.2) is 0 Å². The minimum absolute atomic E-state index is 0.0322. The highest BCUT2D eigenvalue weighted by Crippen LogP contribution is 2.19. The van der Waals surface area contributed by atoms with Gasteiger partial charge in [-0.3, -0.25) is 4.79 Å². The summed E-state index contributed by atoms with van der Waals surface area (Å²) < 4.78 is 6.01. The summed E-state index contributed by atoms with van der Waals surface area (Å²) in [7, 11) is 0. The van der Waals surface area contributed by atoms with Crippen molar-refractivity contribution in [3.8, 4) is 0 Å². The second kappa shape index (κ2) is 4.84. The molecule has 4 nitrogen and oxygen atoms in total. The van der Waals surface area contributed by atoms with Gasteiger partial charge in [0.15, 0.2) is 0 Å². The van der Waals surface area contributed by atoms with Crippen LogP contribution in [0.25, 0.3) is 0 Å². The molecule has 0 bridgehead atoms. The molecule has 5 heteroatoms. The molecule has 0 atom stereocenters. The fourth-order valence-corrected chi connectivity index (χ4v) is 2.26. The van der Waals surface area contributed by atoms with Gasteiger partial charge in [-0.15, -0.1) is 0 Å². The van der Waals surface area contributed by atoms with Crippen LogP contribution in [-0.4, -0.2) is 30.6 Å². The average molecular weight is 285 g/mol. The van der Waals surface area contributed by atoms with Crippen molar-refractivity contribution in [2.45, 2.75) is 6.54 Å². The van der Waals surface area contributed by atoms with Gasteiger partial charge in [-0.05, 0) is 23.8 Å². The Morgan fingerprint density at radius 2 is 2.25 bits per heavy atom. The van der Waals surface area contributed by atoms with Crippen LogP contribution in [0.4, 0.5) is 5.69 Å². The number of hydrogen-bond acceptors (Lipinski definition) is 3. The van der Waals surface area contributed by atoms with E-state index in [-0.39, 0.29) is 12.5 Å². The van der Waals surface area contributed by atoms with Crippen LogP contribution in [0.5, 0.6) is 0 Å². The lowest BCUT2D eigenvalue weighted by Gasteiger charge is -2.26. The summed E-state index contributed by atoms with van der Waals surface area (Å²) in [5.74, 6) is 0.0322. The number of morpholine rings is 1. The van der Waals surface area contributed by atoms with Crippen LogP contribution in [-0.2, 0) is 16.1 Å². The number of anilines is 1. The molecule has 0 aromatic heterocycles. The Morgan fingerprint density at radius 1 is 1.44 bits per heavy atom. The van der Waals surface area contributed by atoms with E-state index in [1.165, 1.54) is 0 Å². The average Bonchev–Trinajstić information content (AvgIpc) is 2.20. The first kappa shape index (κ1) is 11.4. The van der Waals surface area contributed by atoms with Crippen LogP contribution < -0.4 is 5.73 Å². The number of carbonyl (C=O) groups is 1. The van der Waals surface area contributed by atoms with Crippen LogP contribution in [0, 0.1) is 0 Å². The topological polar surface area (TPSA) is 55.6 Å². The lowest BCUT2D eigenvalue weighted by atomic mass is 10.2. The van der Waals surface area contributed by atoms with Gasteiger partial charge < -0.3 is 15.4 Å². The molecule has 1 fully saturated rings. The number of nitrogens with two attached hydrogens (primary N) is 1. The predicted molar refractivity (Wildman–Crippen MR) is 64.8 cm³/mol. The Balaban J connectivity index is 2.10. The van der Waals surface area contributed by atoms with E-state index in [9.17, 15) is 4.79 Å². The molecule has 0 unspecified atom stereocenters. The van der Waals surface area contributed by atoms with E-state index in [1.54, 1.807) is 4.90 Å². The first-order valence-electron chi connectivity index (χ1n) is 5.05. The number of ether oxygens (including phenoxy) is 1. The van der Waals surface area contributed by atoms with Gasteiger partial charge in [-0.2, -0.15) is 0 Å². The number of rotatable bonds is 2. The van der Waals surface area contributed by atoms with Crippen LogP contribution >= 0.6 is 15.9 Å². The molecule has 0 saturated carbocycles. The third kappa shape index (κ3) is 2.74. The van der Waals surface area contributed by atoms with Crippen LogP contribution in [0.3, 0.4) is 0 Å². The van der Waals surface area contributed by atoms with Crippen molar-refractivity contribution in [2.24, 2.45) is 0 Å². The molecule has 0 radical (unpaired) electrons. The third-order valence-corrected chi connectivity index (χ3v) is 2.89. The van der Waals surface area contributed by atoms with Gasteiger partial charge in [0, 0.05) is 23.2 Å². The zero-order chi connectivity index (χ0) is 11.5. The summed E-state index contributed by atoms with van der Waals surface area (Å²) >= 11 is 3.38. The Kier molecular flexibility index (Phi) is 3.46. The van der Waals surface area contributed by atoms with E-state index in [1.807, 2.05) is 18.2 Å². The summed E-state index contributed by atoms with van der Waals surface area (Å²) in [6.45, 7) is 2.02. The fourth-order valence-electron chi connectivity index (χ4n) is 1.70. The zero-order valence-electron chi connectivity index (χ0n) is 8.78. The molecule has 2 N–H and O–H groups in total. The highest BCUT2D eigenvalue weighted by atomic mass is 79.9. The van der Waals surface area contributed by atoms with Gasteiger partial charge in [0.2, 0.25) is 5.91 Å². The Labute approximate surface area is 102 Å². The summed E-state index contributed by atoms with van der Waals surface area (Å²) in [6.07, 6.45) is 0. The van der Waals surface area contributed by atoms with E-state index in [0.717, 1.165) is 10.0 Å². The van der Waals surface area contributed by atoms with Crippen molar-refractivity contribution in [1.82, 2.24) is 4.90 Å². The largest absolute Gasteiger partial charge is 0.399 e. The minimum Gasteiger partial charge on any atom is -0.399 e. The summed E-state index contributed by atoms with van der Waals surface area (Å²) in [5, 5.41) is 0. The molecule has 1 amide bonds. The molecule has 1 aliphatic heterocycles. The Hall–Kier alpha value is -1.07. The highest BCUT2D eigenvalue weighted by Gasteiger charge is 2.18. The third-order valence-electron chi connectivity index (χ3n) is 2.44. The van der Waals surface area contributed by atoms with Gasteiger partial charge >= 0.3 is 0 Å². The smallest absolute Gasteiger partial charge is 0.248 e. The zero-order valence-corrected chi connectivity index (χ0v) is 10.4. The van der Waals surface area contributed by atoms with Gasteiger partial charge in [0.05, 0.1) is 6.61 Å². The monoisotopic (exact) mass is 284 g/mol. The standard InChI is InChI=1S/C11H13BrN2O2/c12-9-3-8(4-10(13)5-9)6-14-1-2-16-7-11(14)15/h3-5H,1-2,6-7,13H2. The maximum atomic E-state index is 11.5. The van der Waals surface area contributed by atoms with Crippen LogP contribution in [0.2, 0.25) is 0 Å². The number of hydrogen-bond donors (Lipinski definition) is 1. The van der Waals surface area contributed by atoms with Gasteiger partial charge in [0.25, 0.3) is 0 Å².